The molecule has 1 aliphatic heterocycles. The number of carbonyl (C=O) groups is 2. The molecular formula is C18H25FN2O2. The van der Waals surface area contributed by atoms with E-state index in [1.165, 1.54) is 18.2 Å². The summed E-state index contributed by atoms with van der Waals surface area (Å²) in [5.74, 6) is -0.606. The second kappa shape index (κ2) is 8.09. The Labute approximate surface area is 137 Å². The number of nitrogens with zero attached hydrogens (tertiary/aromatic N) is 1. The van der Waals surface area contributed by atoms with Crippen LogP contribution in [0.4, 0.5) is 4.39 Å². The van der Waals surface area contributed by atoms with Crippen molar-refractivity contribution in [3.63, 3.8) is 0 Å². The lowest BCUT2D eigenvalue weighted by molar-refractivity contribution is -0.134. The van der Waals surface area contributed by atoms with E-state index in [9.17, 15) is 14.0 Å². The molecule has 0 radical (unpaired) electrons. The van der Waals surface area contributed by atoms with E-state index < -0.39 is 17.8 Å². The molecule has 0 bridgehead atoms. The zero-order valence-corrected chi connectivity index (χ0v) is 13.8. The number of amides is 2. The number of hydrogen-bond donors (Lipinski definition) is 1. The minimum Gasteiger partial charge on any atom is -0.341 e. The van der Waals surface area contributed by atoms with Gasteiger partial charge in [0.25, 0.3) is 5.91 Å². The van der Waals surface area contributed by atoms with Crippen molar-refractivity contribution in [2.45, 2.75) is 45.6 Å². The molecule has 1 aromatic rings. The van der Waals surface area contributed by atoms with Gasteiger partial charge in [-0.2, -0.15) is 0 Å². The fourth-order valence-corrected chi connectivity index (χ4v) is 2.90. The molecule has 0 aliphatic carbocycles. The molecule has 1 aliphatic rings. The quantitative estimate of drug-likeness (QED) is 0.907. The lowest BCUT2D eigenvalue weighted by atomic mass is 10.0. The third-order valence-electron chi connectivity index (χ3n) is 4.07. The topological polar surface area (TPSA) is 49.4 Å². The molecule has 5 heteroatoms. The maximum Gasteiger partial charge on any atom is 0.252 e. The van der Waals surface area contributed by atoms with Crippen molar-refractivity contribution in [3.05, 3.63) is 35.6 Å². The van der Waals surface area contributed by atoms with Gasteiger partial charge in [0.05, 0.1) is 0 Å². The molecule has 0 aromatic heterocycles. The summed E-state index contributed by atoms with van der Waals surface area (Å²) in [4.78, 5) is 26.9. The monoisotopic (exact) mass is 320 g/mol. The Bertz CT molecular complexity index is 554. The summed E-state index contributed by atoms with van der Waals surface area (Å²) in [5.41, 5.74) is 0.241. The number of carbonyl (C=O) groups excluding carboxylic acids is 2. The number of benzene rings is 1. The van der Waals surface area contributed by atoms with Crippen LogP contribution in [-0.2, 0) is 4.79 Å². The summed E-state index contributed by atoms with van der Waals surface area (Å²) in [6, 6.07) is 4.97. The zero-order valence-electron chi connectivity index (χ0n) is 13.8. The van der Waals surface area contributed by atoms with Gasteiger partial charge in [-0.1, -0.05) is 19.9 Å². The first kappa shape index (κ1) is 17.4. The van der Waals surface area contributed by atoms with E-state index in [1.54, 1.807) is 6.07 Å². The Kier molecular flexibility index (Phi) is 6.13. The number of hydrogen-bond acceptors (Lipinski definition) is 2. The first-order valence-electron chi connectivity index (χ1n) is 8.32. The van der Waals surface area contributed by atoms with Crippen molar-refractivity contribution in [1.82, 2.24) is 10.2 Å². The van der Waals surface area contributed by atoms with Crippen LogP contribution in [0.2, 0.25) is 0 Å². The number of halogens is 1. The summed E-state index contributed by atoms with van der Waals surface area (Å²) >= 11 is 0. The molecule has 1 aromatic carbocycles. The molecule has 0 unspecified atom stereocenters. The highest BCUT2D eigenvalue weighted by Gasteiger charge is 2.27. The predicted molar refractivity (Wildman–Crippen MR) is 87.5 cm³/mol. The Hall–Kier alpha value is -1.91. The summed E-state index contributed by atoms with van der Waals surface area (Å²) in [6.07, 6.45) is 3.75. The summed E-state index contributed by atoms with van der Waals surface area (Å²) < 4.78 is 13.3. The van der Waals surface area contributed by atoms with E-state index in [0.717, 1.165) is 32.4 Å². The molecule has 1 fully saturated rings. The molecule has 1 saturated heterocycles. The van der Waals surface area contributed by atoms with Crippen LogP contribution < -0.4 is 5.32 Å². The fourth-order valence-electron chi connectivity index (χ4n) is 2.90. The molecule has 23 heavy (non-hydrogen) atoms. The minimum atomic E-state index is -0.552. The van der Waals surface area contributed by atoms with Crippen molar-refractivity contribution in [1.29, 1.82) is 0 Å². The highest BCUT2D eigenvalue weighted by Crippen LogP contribution is 2.14. The molecule has 2 amide bonds. The van der Waals surface area contributed by atoms with Gasteiger partial charge in [0.1, 0.15) is 11.9 Å². The van der Waals surface area contributed by atoms with E-state index in [-0.39, 0.29) is 17.4 Å². The van der Waals surface area contributed by atoms with Crippen LogP contribution in [0.5, 0.6) is 0 Å². The Morgan fingerprint density at radius 1 is 1.22 bits per heavy atom. The lowest BCUT2D eigenvalue weighted by Gasteiger charge is -2.31. The smallest absolute Gasteiger partial charge is 0.252 e. The predicted octanol–water partition coefficient (Wildman–Crippen LogP) is 2.98. The van der Waals surface area contributed by atoms with E-state index >= 15 is 0 Å². The van der Waals surface area contributed by atoms with Crippen LogP contribution in [0.3, 0.4) is 0 Å². The molecule has 0 saturated carbocycles. The van der Waals surface area contributed by atoms with Gasteiger partial charge in [0.15, 0.2) is 0 Å². The molecule has 126 valence electrons. The Balaban J connectivity index is 2.08. The molecule has 1 atom stereocenters. The molecular weight excluding hydrogens is 295 g/mol. The second-order valence-electron chi connectivity index (χ2n) is 6.55. The molecule has 4 nitrogen and oxygen atoms in total. The van der Waals surface area contributed by atoms with Gasteiger partial charge in [-0.15, -0.1) is 0 Å². The zero-order chi connectivity index (χ0) is 16.8. The van der Waals surface area contributed by atoms with Crippen LogP contribution in [0.15, 0.2) is 24.3 Å². The maximum atomic E-state index is 13.3. The first-order chi connectivity index (χ1) is 11.0. The van der Waals surface area contributed by atoms with Gasteiger partial charge in [0, 0.05) is 18.7 Å². The van der Waals surface area contributed by atoms with Gasteiger partial charge in [-0.05, 0) is 49.8 Å². The number of likely N-dealkylation sites (tertiary alicyclic amines) is 1. The number of nitrogens with one attached hydrogen (secondary N) is 1. The summed E-state index contributed by atoms with van der Waals surface area (Å²) in [5, 5.41) is 2.79. The first-order valence-corrected chi connectivity index (χ1v) is 8.32. The molecule has 1 heterocycles. The van der Waals surface area contributed by atoms with Gasteiger partial charge < -0.3 is 10.2 Å². The highest BCUT2D eigenvalue weighted by molar-refractivity contribution is 5.97. The average Bonchev–Trinajstić information content (AvgIpc) is 2.54. The van der Waals surface area contributed by atoms with Crippen molar-refractivity contribution < 1.29 is 14.0 Å². The van der Waals surface area contributed by atoms with E-state index in [4.69, 9.17) is 0 Å². The largest absolute Gasteiger partial charge is 0.341 e. The fraction of sp³-hybridized carbons (Fsp3) is 0.556. The third-order valence-corrected chi connectivity index (χ3v) is 4.07. The van der Waals surface area contributed by atoms with Crippen LogP contribution in [-0.4, -0.2) is 35.8 Å². The standard InChI is InChI=1S/C18H25FN2O2/c1-13(2)11-16(18(23)21-9-4-3-5-10-21)20-17(22)14-7-6-8-15(19)12-14/h6-8,12-13,16H,3-5,9-11H2,1-2H3,(H,20,22)/t16-/m1/s1. The lowest BCUT2D eigenvalue weighted by Crippen LogP contribution is -2.50. The van der Waals surface area contributed by atoms with Crippen molar-refractivity contribution in [3.8, 4) is 0 Å². The normalized spacial score (nSPS) is 16.3. The van der Waals surface area contributed by atoms with Crippen LogP contribution in [0.1, 0.15) is 49.9 Å². The van der Waals surface area contributed by atoms with Crippen LogP contribution >= 0.6 is 0 Å². The van der Waals surface area contributed by atoms with Crippen LogP contribution in [0.25, 0.3) is 0 Å². The van der Waals surface area contributed by atoms with Gasteiger partial charge in [-0.25, -0.2) is 4.39 Å². The molecule has 2 rings (SSSR count). The Morgan fingerprint density at radius 2 is 1.91 bits per heavy atom. The van der Waals surface area contributed by atoms with Crippen molar-refractivity contribution in [2.75, 3.05) is 13.1 Å². The molecule has 1 N–H and O–H groups in total. The highest BCUT2D eigenvalue weighted by atomic mass is 19.1. The number of piperidine rings is 1. The van der Waals surface area contributed by atoms with Crippen molar-refractivity contribution in [2.24, 2.45) is 5.92 Å². The number of rotatable bonds is 5. The minimum absolute atomic E-state index is 0.0249. The second-order valence-corrected chi connectivity index (χ2v) is 6.55. The van der Waals surface area contributed by atoms with Crippen molar-refractivity contribution >= 4 is 11.8 Å². The average molecular weight is 320 g/mol. The Morgan fingerprint density at radius 3 is 2.52 bits per heavy atom. The third kappa shape index (κ3) is 5.05. The van der Waals surface area contributed by atoms with E-state index in [2.05, 4.69) is 5.32 Å². The SMILES string of the molecule is CC(C)C[C@@H](NC(=O)c1cccc(F)c1)C(=O)N1CCCCC1. The van der Waals surface area contributed by atoms with Crippen LogP contribution in [0, 0.1) is 11.7 Å². The van der Waals surface area contributed by atoms with Gasteiger partial charge >= 0.3 is 0 Å². The molecule has 0 spiro atoms. The van der Waals surface area contributed by atoms with Gasteiger partial charge in [0.2, 0.25) is 5.91 Å². The van der Waals surface area contributed by atoms with E-state index in [1.807, 2.05) is 18.7 Å². The summed E-state index contributed by atoms with van der Waals surface area (Å²) in [6.45, 7) is 5.54. The van der Waals surface area contributed by atoms with Gasteiger partial charge in [-0.3, -0.25) is 9.59 Å². The maximum absolute atomic E-state index is 13.3. The van der Waals surface area contributed by atoms with E-state index in [0.29, 0.717) is 6.42 Å². The summed E-state index contributed by atoms with van der Waals surface area (Å²) in [7, 11) is 0.